The van der Waals surface area contributed by atoms with Gasteiger partial charge < -0.3 is 9.47 Å². The van der Waals surface area contributed by atoms with Gasteiger partial charge in [0.05, 0.1) is 0 Å². The van der Waals surface area contributed by atoms with Crippen LogP contribution in [0, 0.1) is 0 Å². The van der Waals surface area contributed by atoms with Crippen molar-refractivity contribution in [2.24, 2.45) is 0 Å². The number of hydrogen-bond donors (Lipinski definition) is 0. The smallest absolute Gasteiger partial charge is 0.337 e. The standard InChI is InChI=1S/C9H13ClO4/c1-4-6-9(10,13-7(3)11)14-8(12)5-2/h5H,2,4,6H2,1,3H3. The summed E-state index contributed by atoms with van der Waals surface area (Å²) in [6.07, 6.45) is 1.80. The summed E-state index contributed by atoms with van der Waals surface area (Å²) in [6, 6.07) is 0. The Morgan fingerprint density at radius 1 is 1.50 bits per heavy atom. The lowest BCUT2D eigenvalue weighted by molar-refractivity contribution is -0.197. The van der Waals surface area contributed by atoms with E-state index in [2.05, 4.69) is 11.3 Å². The van der Waals surface area contributed by atoms with Crippen molar-refractivity contribution >= 4 is 23.5 Å². The van der Waals surface area contributed by atoms with Crippen molar-refractivity contribution < 1.29 is 19.1 Å². The lowest BCUT2D eigenvalue weighted by Crippen LogP contribution is -2.33. The monoisotopic (exact) mass is 220 g/mol. The molecule has 0 aromatic carbocycles. The number of carbonyl (C=O) groups is 2. The zero-order valence-electron chi connectivity index (χ0n) is 8.21. The van der Waals surface area contributed by atoms with Crippen LogP contribution < -0.4 is 0 Å². The average molecular weight is 221 g/mol. The van der Waals surface area contributed by atoms with Gasteiger partial charge in [0.15, 0.2) is 0 Å². The van der Waals surface area contributed by atoms with Crippen LogP contribution in [0.3, 0.4) is 0 Å². The maximum atomic E-state index is 10.9. The number of hydrogen-bond acceptors (Lipinski definition) is 4. The molecular formula is C9H13ClO4. The van der Waals surface area contributed by atoms with Crippen molar-refractivity contribution in [1.29, 1.82) is 0 Å². The average Bonchev–Trinajstić information content (AvgIpc) is 2.02. The summed E-state index contributed by atoms with van der Waals surface area (Å²) >= 11 is 5.77. The summed E-state index contributed by atoms with van der Waals surface area (Å²) in [7, 11) is 0. The van der Waals surface area contributed by atoms with Gasteiger partial charge in [-0.25, -0.2) is 4.79 Å². The fourth-order valence-electron chi connectivity index (χ4n) is 0.828. The van der Waals surface area contributed by atoms with Gasteiger partial charge in [-0.15, -0.1) is 0 Å². The van der Waals surface area contributed by atoms with E-state index in [0.717, 1.165) is 6.08 Å². The minimum Gasteiger partial charge on any atom is -0.408 e. The van der Waals surface area contributed by atoms with Crippen LogP contribution in [-0.4, -0.2) is 17.2 Å². The van der Waals surface area contributed by atoms with E-state index in [1.807, 2.05) is 6.92 Å². The molecule has 0 saturated heterocycles. The minimum atomic E-state index is -1.70. The SMILES string of the molecule is C=CC(=O)OC(Cl)(CCC)OC(C)=O. The third-order valence-corrected chi connectivity index (χ3v) is 1.61. The molecule has 0 aromatic rings. The quantitative estimate of drug-likeness (QED) is 0.308. The van der Waals surface area contributed by atoms with E-state index in [1.165, 1.54) is 6.92 Å². The molecule has 0 rings (SSSR count). The van der Waals surface area contributed by atoms with Gasteiger partial charge >= 0.3 is 17.2 Å². The van der Waals surface area contributed by atoms with Crippen molar-refractivity contribution in [1.82, 2.24) is 0 Å². The molecule has 0 N–H and O–H groups in total. The molecule has 0 aliphatic rings. The van der Waals surface area contributed by atoms with Crippen LogP contribution in [0.4, 0.5) is 0 Å². The Kier molecular flexibility index (Phi) is 5.23. The van der Waals surface area contributed by atoms with Crippen LogP contribution >= 0.6 is 11.6 Å². The lowest BCUT2D eigenvalue weighted by atomic mass is 10.3. The first-order valence-electron chi connectivity index (χ1n) is 4.17. The van der Waals surface area contributed by atoms with Crippen LogP contribution in [-0.2, 0) is 19.1 Å². The van der Waals surface area contributed by atoms with E-state index in [1.54, 1.807) is 0 Å². The molecular weight excluding hydrogens is 208 g/mol. The Morgan fingerprint density at radius 2 is 2.07 bits per heavy atom. The first-order chi connectivity index (χ1) is 6.43. The molecule has 1 unspecified atom stereocenters. The summed E-state index contributed by atoms with van der Waals surface area (Å²) in [5, 5.41) is -1.70. The number of alkyl halides is 1. The van der Waals surface area contributed by atoms with E-state index in [0.29, 0.717) is 6.42 Å². The van der Waals surface area contributed by atoms with Crippen molar-refractivity contribution in [3.63, 3.8) is 0 Å². The summed E-state index contributed by atoms with van der Waals surface area (Å²) in [5.74, 6) is -1.33. The van der Waals surface area contributed by atoms with Gasteiger partial charge in [0, 0.05) is 19.4 Å². The van der Waals surface area contributed by atoms with Gasteiger partial charge in [-0.2, -0.15) is 0 Å². The highest BCUT2D eigenvalue weighted by Gasteiger charge is 2.33. The van der Waals surface area contributed by atoms with E-state index < -0.39 is 17.2 Å². The number of halogens is 1. The van der Waals surface area contributed by atoms with E-state index in [-0.39, 0.29) is 6.42 Å². The Hall–Kier alpha value is -1.03. The number of rotatable bonds is 5. The normalized spacial score (nSPS) is 13.9. The fourth-order valence-corrected chi connectivity index (χ4v) is 1.20. The lowest BCUT2D eigenvalue weighted by Gasteiger charge is -2.24. The Bertz CT molecular complexity index is 239. The molecule has 0 saturated carbocycles. The van der Waals surface area contributed by atoms with Gasteiger partial charge in [0.1, 0.15) is 0 Å². The van der Waals surface area contributed by atoms with E-state index in [4.69, 9.17) is 16.3 Å². The maximum Gasteiger partial charge on any atom is 0.337 e. The van der Waals surface area contributed by atoms with Gasteiger partial charge in [-0.3, -0.25) is 4.79 Å². The third kappa shape index (κ3) is 4.87. The van der Waals surface area contributed by atoms with Gasteiger partial charge in [-0.1, -0.05) is 13.5 Å². The minimum absolute atomic E-state index is 0.230. The van der Waals surface area contributed by atoms with Crippen molar-refractivity contribution in [2.75, 3.05) is 0 Å². The second-order valence-electron chi connectivity index (χ2n) is 2.63. The number of esters is 2. The van der Waals surface area contributed by atoms with Gasteiger partial charge in [0.25, 0.3) is 0 Å². The fraction of sp³-hybridized carbons (Fsp3) is 0.556. The van der Waals surface area contributed by atoms with Gasteiger partial charge in [-0.05, 0) is 18.0 Å². The predicted molar refractivity (Wildman–Crippen MR) is 51.5 cm³/mol. The highest BCUT2D eigenvalue weighted by molar-refractivity contribution is 6.23. The second kappa shape index (κ2) is 5.65. The van der Waals surface area contributed by atoms with Crippen LogP contribution in [0.25, 0.3) is 0 Å². The van der Waals surface area contributed by atoms with E-state index in [9.17, 15) is 9.59 Å². The Labute approximate surface area is 87.8 Å². The maximum absolute atomic E-state index is 10.9. The molecule has 0 aliphatic carbocycles. The van der Waals surface area contributed by atoms with Crippen LogP contribution in [0.1, 0.15) is 26.7 Å². The Morgan fingerprint density at radius 3 is 2.43 bits per heavy atom. The molecule has 0 aliphatic heterocycles. The largest absolute Gasteiger partial charge is 0.408 e. The summed E-state index contributed by atoms with van der Waals surface area (Å²) in [5.41, 5.74) is 0. The molecule has 0 heterocycles. The molecule has 0 spiro atoms. The van der Waals surface area contributed by atoms with E-state index >= 15 is 0 Å². The topological polar surface area (TPSA) is 52.6 Å². The van der Waals surface area contributed by atoms with Crippen LogP contribution in [0.15, 0.2) is 12.7 Å². The second-order valence-corrected chi connectivity index (χ2v) is 3.20. The predicted octanol–water partition coefficient (Wildman–Crippen LogP) is 1.97. The molecule has 1 atom stereocenters. The highest BCUT2D eigenvalue weighted by Crippen LogP contribution is 2.25. The first kappa shape index (κ1) is 13.0. The molecule has 0 amide bonds. The molecule has 4 nitrogen and oxygen atoms in total. The molecule has 0 bridgehead atoms. The molecule has 0 aromatic heterocycles. The zero-order chi connectivity index (χ0) is 11.2. The van der Waals surface area contributed by atoms with Crippen molar-refractivity contribution in [2.45, 2.75) is 31.9 Å². The summed E-state index contributed by atoms with van der Waals surface area (Å²) < 4.78 is 9.39. The summed E-state index contributed by atoms with van der Waals surface area (Å²) in [4.78, 5) is 21.5. The third-order valence-electron chi connectivity index (χ3n) is 1.26. The Balaban J connectivity index is 4.44. The molecule has 14 heavy (non-hydrogen) atoms. The number of ether oxygens (including phenoxy) is 2. The van der Waals surface area contributed by atoms with Gasteiger partial charge in [0.2, 0.25) is 0 Å². The molecule has 0 fully saturated rings. The summed E-state index contributed by atoms with van der Waals surface area (Å²) in [6.45, 7) is 6.22. The first-order valence-corrected chi connectivity index (χ1v) is 4.55. The molecule has 5 heteroatoms. The van der Waals surface area contributed by atoms with Crippen molar-refractivity contribution in [3.05, 3.63) is 12.7 Å². The number of carbonyl (C=O) groups excluding carboxylic acids is 2. The van der Waals surface area contributed by atoms with Crippen molar-refractivity contribution in [3.8, 4) is 0 Å². The van der Waals surface area contributed by atoms with Crippen LogP contribution in [0.5, 0.6) is 0 Å². The zero-order valence-corrected chi connectivity index (χ0v) is 8.97. The highest BCUT2D eigenvalue weighted by atomic mass is 35.5. The van der Waals surface area contributed by atoms with Crippen LogP contribution in [0.2, 0.25) is 0 Å². The molecule has 0 radical (unpaired) electrons. The molecule has 80 valence electrons.